The highest BCUT2D eigenvalue weighted by Gasteiger charge is 2.24. The number of carbonyl (C=O) groups excluding carboxylic acids is 1. The van der Waals surface area contributed by atoms with Gasteiger partial charge in [-0.05, 0) is 24.1 Å². The van der Waals surface area contributed by atoms with Gasteiger partial charge < -0.3 is 5.32 Å². The normalized spacial score (nSPS) is 17.4. The van der Waals surface area contributed by atoms with Crippen molar-refractivity contribution in [3.05, 3.63) is 70.6 Å². The molecule has 1 aliphatic heterocycles. The molecule has 1 unspecified atom stereocenters. The van der Waals surface area contributed by atoms with Crippen LogP contribution in [0.25, 0.3) is 11.0 Å². The second-order valence-electron chi connectivity index (χ2n) is 7.19. The van der Waals surface area contributed by atoms with Crippen molar-refractivity contribution in [1.29, 1.82) is 0 Å². The number of para-hydroxylation sites is 2. The van der Waals surface area contributed by atoms with E-state index in [2.05, 4.69) is 22.3 Å². The maximum Gasteiger partial charge on any atom is 0.329 e. The number of likely N-dealkylation sites (tertiary alicyclic amines) is 1. The van der Waals surface area contributed by atoms with E-state index in [4.69, 9.17) is 0 Å². The molecule has 0 bridgehead atoms. The number of rotatable bonds is 5. The van der Waals surface area contributed by atoms with E-state index in [0.29, 0.717) is 0 Å². The number of aryl methyl sites for hydroxylation is 1. The summed E-state index contributed by atoms with van der Waals surface area (Å²) in [6.07, 6.45) is 0.934. The van der Waals surface area contributed by atoms with Gasteiger partial charge in [0.2, 0.25) is 5.91 Å². The zero-order valence-corrected chi connectivity index (χ0v) is 15.5. The number of hydrogen-bond acceptors (Lipinski definition) is 3. The van der Waals surface area contributed by atoms with E-state index in [1.807, 2.05) is 42.5 Å². The molecule has 1 N–H and O–H groups in total. The Bertz CT molecular complexity index is 1010. The second kappa shape index (κ2) is 7.40. The first-order chi connectivity index (χ1) is 13.1. The lowest BCUT2D eigenvalue weighted by molar-refractivity contribution is -0.122. The summed E-state index contributed by atoms with van der Waals surface area (Å²) in [5.74, 6) is -0.111. The van der Waals surface area contributed by atoms with Crippen LogP contribution in [0.5, 0.6) is 0 Å². The van der Waals surface area contributed by atoms with Crippen LogP contribution in [0.15, 0.2) is 59.4 Å². The number of carbonyl (C=O) groups is 1. The van der Waals surface area contributed by atoms with Crippen LogP contribution >= 0.6 is 0 Å². The third kappa shape index (κ3) is 3.66. The van der Waals surface area contributed by atoms with Crippen molar-refractivity contribution in [3.63, 3.8) is 0 Å². The fraction of sp³-hybridized carbons (Fsp3) is 0.333. The van der Waals surface area contributed by atoms with Gasteiger partial charge in [-0.1, -0.05) is 42.5 Å². The highest BCUT2D eigenvalue weighted by atomic mass is 16.2. The third-order valence-corrected chi connectivity index (χ3v) is 5.24. The first-order valence-electron chi connectivity index (χ1n) is 9.32. The van der Waals surface area contributed by atoms with Gasteiger partial charge in [-0.3, -0.25) is 18.8 Å². The summed E-state index contributed by atoms with van der Waals surface area (Å²) in [6, 6.07) is 18.0. The number of nitrogens with zero attached hydrogens (tertiary/aromatic N) is 3. The summed E-state index contributed by atoms with van der Waals surface area (Å²) in [7, 11) is 1.73. The molecule has 0 saturated carbocycles. The largest absolute Gasteiger partial charge is 0.350 e. The highest BCUT2D eigenvalue weighted by Crippen LogP contribution is 2.14. The lowest BCUT2D eigenvalue weighted by Crippen LogP contribution is -2.40. The first-order valence-corrected chi connectivity index (χ1v) is 9.32. The van der Waals surface area contributed by atoms with Gasteiger partial charge in [0.15, 0.2) is 0 Å². The van der Waals surface area contributed by atoms with E-state index in [1.165, 1.54) is 5.56 Å². The molecule has 27 heavy (non-hydrogen) atoms. The SMILES string of the molecule is Cn1c(=O)n(CC(=O)NC2CCN(Cc3ccccc3)C2)c2ccccc21. The lowest BCUT2D eigenvalue weighted by atomic mass is 10.2. The molecule has 0 aliphatic carbocycles. The Labute approximate surface area is 158 Å². The van der Waals surface area contributed by atoms with Gasteiger partial charge in [0, 0.05) is 32.7 Å². The van der Waals surface area contributed by atoms with Crippen molar-refractivity contribution in [2.75, 3.05) is 13.1 Å². The molecule has 6 nitrogen and oxygen atoms in total. The summed E-state index contributed by atoms with van der Waals surface area (Å²) in [4.78, 5) is 27.3. The minimum absolute atomic E-state index is 0.0510. The maximum absolute atomic E-state index is 12.5. The third-order valence-electron chi connectivity index (χ3n) is 5.24. The summed E-state index contributed by atoms with van der Waals surface area (Å²) in [5, 5.41) is 3.09. The maximum atomic E-state index is 12.5. The Kier molecular flexibility index (Phi) is 4.81. The Morgan fingerprint density at radius 1 is 1.07 bits per heavy atom. The van der Waals surface area contributed by atoms with Crippen LogP contribution in [0.3, 0.4) is 0 Å². The Morgan fingerprint density at radius 2 is 1.78 bits per heavy atom. The van der Waals surface area contributed by atoms with Crippen LogP contribution in [0.2, 0.25) is 0 Å². The average molecular weight is 364 g/mol. The standard InChI is InChI=1S/C21H24N4O2/c1-23-18-9-5-6-10-19(18)25(21(23)27)15-20(26)22-17-11-12-24(14-17)13-16-7-3-2-4-8-16/h2-10,17H,11-15H2,1H3,(H,22,26). The van der Waals surface area contributed by atoms with Gasteiger partial charge in [-0.25, -0.2) is 4.79 Å². The molecule has 1 aliphatic rings. The van der Waals surface area contributed by atoms with Crippen LogP contribution in [-0.2, 0) is 24.9 Å². The molecule has 1 saturated heterocycles. The Balaban J connectivity index is 1.38. The summed E-state index contributed by atoms with van der Waals surface area (Å²) in [6.45, 7) is 2.75. The van der Waals surface area contributed by atoms with Crippen LogP contribution in [0.4, 0.5) is 0 Å². The topological polar surface area (TPSA) is 59.3 Å². The van der Waals surface area contributed by atoms with Crippen molar-refractivity contribution >= 4 is 16.9 Å². The molecule has 2 heterocycles. The number of imidazole rings is 1. The molecule has 0 radical (unpaired) electrons. The van der Waals surface area contributed by atoms with Gasteiger partial charge >= 0.3 is 5.69 Å². The molecule has 6 heteroatoms. The molecule has 1 amide bonds. The number of fused-ring (bicyclic) bond motifs is 1. The van der Waals surface area contributed by atoms with E-state index in [9.17, 15) is 9.59 Å². The van der Waals surface area contributed by atoms with Gasteiger partial charge in [-0.15, -0.1) is 0 Å². The highest BCUT2D eigenvalue weighted by molar-refractivity contribution is 5.81. The quantitative estimate of drug-likeness (QED) is 0.750. The smallest absolute Gasteiger partial charge is 0.329 e. The number of hydrogen-bond donors (Lipinski definition) is 1. The molecule has 2 aromatic carbocycles. The van der Waals surface area contributed by atoms with E-state index >= 15 is 0 Å². The van der Waals surface area contributed by atoms with E-state index in [1.54, 1.807) is 16.2 Å². The lowest BCUT2D eigenvalue weighted by Gasteiger charge is -2.17. The second-order valence-corrected chi connectivity index (χ2v) is 7.19. The fourth-order valence-corrected chi connectivity index (χ4v) is 3.87. The van der Waals surface area contributed by atoms with Gasteiger partial charge in [0.1, 0.15) is 6.54 Å². The van der Waals surface area contributed by atoms with Crippen molar-refractivity contribution in [3.8, 4) is 0 Å². The number of aromatic nitrogens is 2. The molecule has 1 atom stereocenters. The average Bonchev–Trinajstić information content (AvgIpc) is 3.21. The Morgan fingerprint density at radius 3 is 2.56 bits per heavy atom. The molecule has 140 valence electrons. The number of nitrogens with one attached hydrogen (secondary N) is 1. The minimum atomic E-state index is -0.163. The zero-order chi connectivity index (χ0) is 18.8. The molecular weight excluding hydrogens is 340 g/mol. The van der Waals surface area contributed by atoms with Crippen LogP contribution in [0.1, 0.15) is 12.0 Å². The summed E-state index contributed by atoms with van der Waals surface area (Å²) in [5.41, 5.74) is 2.75. The van der Waals surface area contributed by atoms with E-state index in [0.717, 1.165) is 37.1 Å². The fourth-order valence-electron chi connectivity index (χ4n) is 3.87. The molecule has 0 spiro atoms. The van der Waals surface area contributed by atoms with Crippen molar-refractivity contribution in [2.24, 2.45) is 7.05 Å². The van der Waals surface area contributed by atoms with Gasteiger partial charge in [0.25, 0.3) is 0 Å². The van der Waals surface area contributed by atoms with Crippen LogP contribution in [-0.4, -0.2) is 39.1 Å². The number of amides is 1. The zero-order valence-electron chi connectivity index (χ0n) is 15.5. The number of benzene rings is 2. The van der Waals surface area contributed by atoms with Gasteiger partial charge in [-0.2, -0.15) is 0 Å². The summed E-state index contributed by atoms with van der Waals surface area (Å²) < 4.78 is 3.13. The van der Waals surface area contributed by atoms with Crippen molar-refractivity contribution < 1.29 is 4.79 Å². The van der Waals surface area contributed by atoms with E-state index in [-0.39, 0.29) is 24.2 Å². The van der Waals surface area contributed by atoms with E-state index < -0.39 is 0 Å². The first kappa shape index (κ1) is 17.5. The molecule has 1 aromatic heterocycles. The predicted octanol–water partition coefficient (Wildman–Crippen LogP) is 1.73. The molecular formula is C21H24N4O2. The molecule has 3 aromatic rings. The molecule has 1 fully saturated rings. The van der Waals surface area contributed by atoms with Crippen molar-refractivity contribution in [2.45, 2.75) is 25.6 Å². The predicted molar refractivity (Wildman–Crippen MR) is 105 cm³/mol. The van der Waals surface area contributed by atoms with Gasteiger partial charge in [0.05, 0.1) is 11.0 Å². The minimum Gasteiger partial charge on any atom is -0.350 e. The van der Waals surface area contributed by atoms with Crippen LogP contribution in [0, 0.1) is 0 Å². The van der Waals surface area contributed by atoms with Crippen LogP contribution < -0.4 is 11.0 Å². The molecule has 4 rings (SSSR count). The summed E-state index contributed by atoms with van der Waals surface area (Å²) >= 11 is 0. The van der Waals surface area contributed by atoms with Crippen molar-refractivity contribution in [1.82, 2.24) is 19.4 Å². The Hall–Kier alpha value is -2.86. The monoisotopic (exact) mass is 364 g/mol.